The number of hydrogen-bond donors (Lipinski definition) is 1. The van der Waals surface area contributed by atoms with Gasteiger partial charge in [-0.05, 0) is 39.7 Å². The molecular weight excluding hydrogens is 224 g/mol. The molecule has 102 valence electrons. The minimum absolute atomic E-state index is 0.322. The molecule has 0 amide bonds. The molecule has 1 aromatic heterocycles. The Bertz CT molecular complexity index is 368. The summed E-state index contributed by atoms with van der Waals surface area (Å²) >= 11 is 0. The largest absolute Gasteiger partial charge is 0.331 e. The van der Waals surface area contributed by atoms with Crippen molar-refractivity contribution in [3.8, 4) is 0 Å². The van der Waals surface area contributed by atoms with Crippen LogP contribution in [-0.4, -0.2) is 33.6 Å². The molecule has 1 unspecified atom stereocenters. The molecule has 1 aromatic rings. The Kier molecular flexibility index (Phi) is 4.40. The van der Waals surface area contributed by atoms with Gasteiger partial charge in [-0.1, -0.05) is 6.92 Å². The fourth-order valence-corrected chi connectivity index (χ4v) is 2.69. The lowest BCUT2D eigenvalue weighted by Gasteiger charge is -2.32. The molecule has 0 saturated heterocycles. The van der Waals surface area contributed by atoms with Gasteiger partial charge in [0, 0.05) is 24.8 Å². The second kappa shape index (κ2) is 5.85. The van der Waals surface area contributed by atoms with Gasteiger partial charge in [0.25, 0.3) is 0 Å². The number of hydrogen-bond acceptors (Lipinski definition) is 3. The molecule has 4 nitrogen and oxygen atoms in total. The standard InChI is InChI=1S/C14H26N4/c1-4-7-17(12-5-6-12)13(8-15)14-9-16-10-18(14)11(2)3/h9-13H,4-8,15H2,1-3H3. The van der Waals surface area contributed by atoms with E-state index in [0.717, 1.165) is 12.6 Å². The van der Waals surface area contributed by atoms with E-state index in [1.54, 1.807) is 0 Å². The summed E-state index contributed by atoms with van der Waals surface area (Å²) in [4.78, 5) is 6.89. The van der Waals surface area contributed by atoms with E-state index in [1.165, 1.54) is 25.0 Å². The van der Waals surface area contributed by atoms with Gasteiger partial charge in [-0.3, -0.25) is 4.90 Å². The fourth-order valence-electron chi connectivity index (χ4n) is 2.69. The Morgan fingerprint density at radius 1 is 1.50 bits per heavy atom. The lowest BCUT2D eigenvalue weighted by molar-refractivity contribution is 0.183. The van der Waals surface area contributed by atoms with Gasteiger partial charge in [-0.25, -0.2) is 4.98 Å². The number of imidazole rings is 1. The third-order valence-corrected chi connectivity index (χ3v) is 3.72. The summed E-state index contributed by atoms with van der Waals surface area (Å²) in [6.07, 6.45) is 7.75. The van der Waals surface area contributed by atoms with Crippen molar-refractivity contribution in [3.63, 3.8) is 0 Å². The minimum Gasteiger partial charge on any atom is -0.331 e. The molecule has 0 bridgehead atoms. The molecule has 1 saturated carbocycles. The number of nitrogens with two attached hydrogens (primary N) is 1. The lowest BCUT2D eigenvalue weighted by Crippen LogP contribution is -2.37. The first-order valence-corrected chi connectivity index (χ1v) is 7.16. The van der Waals surface area contributed by atoms with Gasteiger partial charge < -0.3 is 10.3 Å². The number of nitrogens with zero attached hydrogens (tertiary/aromatic N) is 3. The second-order valence-electron chi connectivity index (χ2n) is 5.54. The summed E-state index contributed by atoms with van der Waals surface area (Å²) in [6, 6.07) is 1.51. The van der Waals surface area contributed by atoms with E-state index in [9.17, 15) is 0 Å². The molecule has 2 N–H and O–H groups in total. The van der Waals surface area contributed by atoms with E-state index in [2.05, 4.69) is 35.2 Å². The van der Waals surface area contributed by atoms with Crippen LogP contribution in [0.4, 0.5) is 0 Å². The molecule has 2 rings (SSSR count). The summed E-state index contributed by atoms with van der Waals surface area (Å²) < 4.78 is 2.25. The topological polar surface area (TPSA) is 47.1 Å². The Labute approximate surface area is 110 Å². The zero-order chi connectivity index (χ0) is 13.1. The highest BCUT2D eigenvalue weighted by Gasteiger charge is 2.34. The Morgan fingerprint density at radius 2 is 2.22 bits per heavy atom. The zero-order valence-electron chi connectivity index (χ0n) is 11.8. The zero-order valence-corrected chi connectivity index (χ0v) is 11.8. The smallest absolute Gasteiger partial charge is 0.0951 e. The lowest BCUT2D eigenvalue weighted by atomic mass is 10.1. The third-order valence-electron chi connectivity index (χ3n) is 3.72. The fraction of sp³-hybridized carbons (Fsp3) is 0.786. The van der Waals surface area contributed by atoms with Gasteiger partial charge in [0.2, 0.25) is 0 Å². The average Bonchev–Trinajstić information content (AvgIpc) is 3.07. The maximum Gasteiger partial charge on any atom is 0.0951 e. The SMILES string of the molecule is CCCN(C1CC1)C(CN)c1cncn1C(C)C. The number of rotatable bonds is 7. The quantitative estimate of drug-likeness (QED) is 0.808. The molecule has 0 aromatic carbocycles. The first kappa shape index (κ1) is 13.6. The monoisotopic (exact) mass is 250 g/mol. The molecule has 0 radical (unpaired) electrons. The van der Waals surface area contributed by atoms with E-state index < -0.39 is 0 Å². The van der Waals surface area contributed by atoms with Crippen LogP contribution in [-0.2, 0) is 0 Å². The van der Waals surface area contributed by atoms with Crippen molar-refractivity contribution >= 4 is 0 Å². The molecule has 4 heteroatoms. The van der Waals surface area contributed by atoms with E-state index in [1.807, 2.05) is 12.5 Å². The van der Waals surface area contributed by atoms with Crippen LogP contribution in [0.2, 0.25) is 0 Å². The van der Waals surface area contributed by atoms with Crippen molar-refractivity contribution < 1.29 is 0 Å². The highest BCUT2D eigenvalue weighted by Crippen LogP contribution is 2.34. The highest BCUT2D eigenvalue weighted by atomic mass is 15.2. The van der Waals surface area contributed by atoms with Crippen molar-refractivity contribution in [3.05, 3.63) is 18.2 Å². The normalized spacial score (nSPS) is 17.7. The Morgan fingerprint density at radius 3 is 2.72 bits per heavy atom. The van der Waals surface area contributed by atoms with Crippen molar-refractivity contribution in [2.24, 2.45) is 5.73 Å². The summed E-state index contributed by atoms with van der Waals surface area (Å²) in [5, 5.41) is 0. The summed E-state index contributed by atoms with van der Waals surface area (Å²) in [6.45, 7) is 8.44. The third kappa shape index (κ3) is 2.75. The van der Waals surface area contributed by atoms with E-state index in [4.69, 9.17) is 5.73 Å². The van der Waals surface area contributed by atoms with Crippen molar-refractivity contribution in [1.29, 1.82) is 0 Å². The predicted molar refractivity (Wildman–Crippen MR) is 74.4 cm³/mol. The van der Waals surface area contributed by atoms with Gasteiger partial charge in [0.1, 0.15) is 0 Å². The molecule has 1 atom stereocenters. The summed E-state index contributed by atoms with van der Waals surface area (Å²) in [5.41, 5.74) is 7.32. The average molecular weight is 250 g/mol. The van der Waals surface area contributed by atoms with Crippen LogP contribution in [0.1, 0.15) is 57.8 Å². The van der Waals surface area contributed by atoms with E-state index >= 15 is 0 Å². The van der Waals surface area contributed by atoms with Crippen LogP contribution in [0.5, 0.6) is 0 Å². The Balaban J connectivity index is 2.22. The maximum atomic E-state index is 6.05. The van der Waals surface area contributed by atoms with Crippen molar-refractivity contribution in [1.82, 2.24) is 14.5 Å². The van der Waals surface area contributed by atoms with E-state index in [-0.39, 0.29) is 0 Å². The maximum absolute atomic E-state index is 6.05. The van der Waals surface area contributed by atoms with Gasteiger partial charge >= 0.3 is 0 Å². The minimum atomic E-state index is 0.322. The highest BCUT2D eigenvalue weighted by molar-refractivity contribution is 5.09. The van der Waals surface area contributed by atoms with Gasteiger partial charge in [0.15, 0.2) is 0 Å². The predicted octanol–water partition coefficient (Wildman–Crippen LogP) is 2.34. The molecule has 18 heavy (non-hydrogen) atoms. The Hall–Kier alpha value is -0.870. The second-order valence-corrected chi connectivity index (χ2v) is 5.54. The van der Waals surface area contributed by atoms with E-state index in [0.29, 0.717) is 18.6 Å². The molecule has 0 spiro atoms. The van der Waals surface area contributed by atoms with Crippen LogP contribution in [0.15, 0.2) is 12.5 Å². The summed E-state index contributed by atoms with van der Waals surface area (Å²) in [7, 11) is 0. The van der Waals surface area contributed by atoms with Crippen LogP contribution < -0.4 is 5.73 Å². The molecule has 1 aliphatic carbocycles. The summed E-state index contributed by atoms with van der Waals surface area (Å²) in [5.74, 6) is 0. The van der Waals surface area contributed by atoms with Crippen molar-refractivity contribution in [2.75, 3.05) is 13.1 Å². The molecule has 1 fully saturated rings. The molecule has 1 aliphatic rings. The molecular formula is C14H26N4. The number of aromatic nitrogens is 2. The van der Waals surface area contributed by atoms with Gasteiger partial charge in [0.05, 0.1) is 18.1 Å². The van der Waals surface area contributed by atoms with Gasteiger partial charge in [-0.2, -0.15) is 0 Å². The first-order valence-electron chi connectivity index (χ1n) is 7.16. The first-order chi connectivity index (χ1) is 8.69. The molecule has 1 heterocycles. The van der Waals surface area contributed by atoms with Crippen LogP contribution in [0, 0.1) is 0 Å². The molecule has 0 aliphatic heterocycles. The van der Waals surface area contributed by atoms with Crippen LogP contribution >= 0.6 is 0 Å². The van der Waals surface area contributed by atoms with Gasteiger partial charge in [-0.15, -0.1) is 0 Å². The van der Waals surface area contributed by atoms with Crippen LogP contribution in [0.3, 0.4) is 0 Å². The van der Waals surface area contributed by atoms with Crippen LogP contribution in [0.25, 0.3) is 0 Å². The van der Waals surface area contributed by atoms with Crippen molar-refractivity contribution in [2.45, 2.75) is 58.2 Å².